The molecule has 8 N–H and O–H groups in total. The predicted octanol–water partition coefficient (Wildman–Crippen LogP) is 2.11. The lowest BCUT2D eigenvalue weighted by Gasteiger charge is -2.22. The van der Waals surface area contributed by atoms with Crippen LogP contribution in [0.1, 0.15) is 77.0 Å². The first-order chi connectivity index (χ1) is 13.8. The van der Waals surface area contributed by atoms with Crippen LogP contribution in [0.4, 0.5) is 0 Å². The van der Waals surface area contributed by atoms with Crippen molar-refractivity contribution < 1.29 is 0 Å². The number of nitrogens with zero attached hydrogens (tertiary/aromatic N) is 2. The Morgan fingerprint density at radius 2 is 0.500 bits per heavy atom. The zero-order chi connectivity index (χ0) is 20.7. The van der Waals surface area contributed by atoms with Gasteiger partial charge in [-0.3, -0.25) is 0 Å². The first-order valence-corrected chi connectivity index (χ1v) is 12.0. The monoisotopic (exact) mass is 400 g/mol. The Hall–Kier alpha value is -0.240. The molecule has 0 atom stereocenters. The molecule has 0 spiro atoms. The molecule has 0 aromatic heterocycles. The highest BCUT2D eigenvalue weighted by Gasteiger charge is 2.05. The maximum Gasteiger partial charge on any atom is -0.000671 e. The summed E-state index contributed by atoms with van der Waals surface area (Å²) in [5.74, 6) is 0. The van der Waals surface area contributed by atoms with Gasteiger partial charge in [-0.25, -0.2) is 0 Å². The largest absolute Gasteiger partial charge is 0.330 e. The summed E-state index contributed by atoms with van der Waals surface area (Å²) in [5.41, 5.74) is 22.6. The van der Waals surface area contributed by atoms with Crippen molar-refractivity contribution in [3.8, 4) is 0 Å². The molecule has 0 radical (unpaired) electrons. The van der Waals surface area contributed by atoms with Gasteiger partial charge in [-0.05, 0) is 104 Å². The minimum absolute atomic E-state index is 0.789. The van der Waals surface area contributed by atoms with E-state index in [4.69, 9.17) is 22.9 Å². The summed E-state index contributed by atoms with van der Waals surface area (Å²) in [7, 11) is 0. The summed E-state index contributed by atoms with van der Waals surface area (Å²) < 4.78 is 0. The molecule has 6 heteroatoms. The number of nitrogens with two attached hydrogens (primary N) is 4. The van der Waals surface area contributed by atoms with Crippen LogP contribution in [0.25, 0.3) is 0 Å². The molecule has 0 fully saturated rings. The topological polar surface area (TPSA) is 111 Å². The molecule has 0 aliphatic rings. The Morgan fingerprint density at radius 3 is 0.750 bits per heavy atom. The van der Waals surface area contributed by atoms with E-state index in [-0.39, 0.29) is 0 Å². The number of unbranched alkanes of at least 4 members (excludes halogenated alkanes) is 7. The molecule has 0 aromatic carbocycles. The minimum Gasteiger partial charge on any atom is -0.330 e. The van der Waals surface area contributed by atoms with E-state index in [2.05, 4.69) is 9.80 Å². The fourth-order valence-corrected chi connectivity index (χ4v) is 3.66. The Labute approximate surface area is 175 Å². The van der Waals surface area contributed by atoms with Gasteiger partial charge in [0, 0.05) is 0 Å². The van der Waals surface area contributed by atoms with Gasteiger partial charge in [-0.15, -0.1) is 0 Å². The third-order valence-corrected chi connectivity index (χ3v) is 5.41. The van der Waals surface area contributed by atoms with Crippen molar-refractivity contribution in [2.24, 2.45) is 22.9 Å². The lowest BCUT2D eigenvalue weighted by atomic mass is 10.1. The zero-order valence-corrected chi connectivity index (χ0v) is 18.8. The van der Waals surface area contributed by atoms with E-state index in [9.17, 15) is 0 Å². The van der Waals surface area contributed by atoms with E-state index in [1.54, 1.807) is 0 Å². The van der Waals surface area contributed by atoms with Crippen molar-refractivity contribution in [1.82, 2.24) is 9.80 Å². The van der Waals surface area contributed by atoms with Crippen LogP contribution < -0.4 is 22.9 Å². The van der Waals surface area contributed by atoms with E-state index in [0.29, 0.717) is 0 Å². The molecule has 6 nitrogen and oxygen atoms in total. The minimum atomic E-state index is 0.789. The van der Waals surface area contributed by atoms with Crippen LogP contribution in [0.5, 0.6) is 0 Å². The van der Waals surface area contributed by atoms with Gasteiger partial charge in [0.15, 0.2) is 0 Å². The maximum absolute atomic E-state index is 5.65. The second-order valence-electron chi connectivity index (χ2n) is 8.08. The molecule has 0 saturated carbocycles. The first kappa shape index (κ1) is 27.8. The average molecular weight is 401 g/mol. The normalized spacial score (nSPS) is 11.8. The van der Waals surface area contributed by atoms with Crippen LogP contribution >= 0.6 is 0 Å². The summed E-state index contributed by atoms with van der Waals surface area (Å²) in [6.45, 7) is 10.1. The number of rotatable bonds is 23. The van der Waals surface area contributed by atoms with Crippen LogP contribution in [-0.2, 0) is 0 Å². The van der Waals surface area contributed by atoms with E-state index in [1.165, 1.54) is 64.5 Å². The lowest BCUT2D eigenvalue weighted by Crippen LogP contribution is -2.29. The summed E-state index contributed by atoms with van der Waals surface area (Å²) in [6.07, 6.45) is 15.2. The van der Waals surface area contributed by atoms with Gasteiger partial charge in [0.05, 0.1) is 0 Å². The van der Waals surface area contributed by atoms with Crippen LogP contribution in [0.2, 0.25) is 0 Å². The van der Waals surface area contributed by atoms with Crippen molar-refractivity contribution in [2.75, 3.05) is 65.4 Å². The van der Waals surface area contributed by atoms with Crippen LogP contribution in [-0.4, -0.2) is 75.2 Å². The molecule has 0 aromatic rings. The third kappa shape index (κ3) is 19.1. The second kappa shape index (κ2) is 23.0. The van der Waals surface area contributed by atoms with Crippen LogP contribution in [0, 0.1) is 0 Å². The van der Waals surface area contributed by atoms with Gasteiger partial charge < -0.3 is 32.7 Å². The highest BCUT2D eigenvalue weighted by atomic mass is 15.1. The smallest absolute Gasteiger partial charge is 0.000671 e. The van der Waals surface area contributed by atoms with Crippen molar-refractivity contribution in [3.05, 3.63) is 0 Å². The quantitative estimate of drug-likeness (QED) is 0.196. The maximum atomic E-state index is 5.65. The number of hydrogen-bond donors (Lipinski definition) is 4. The molecule has 28 heavy (non-hydrogen) atoms. The van der Waals surface area contributed by atoms with Gasteiger partial charge in [0.2, 0.25) is 0 Å². The molecular formula is C22H52N6. The molecule has 0 heterocycles. The Balaban J connectivity index is 3.55. The SMILES string of the molecule is NCCCN(CCCN)CCCCCCCCCCN(CCCN)CCCN. The molecule has 0 bridgehead atoms. The van der Waals surface area contributed by atoms with E-state index < -0.39 is 0 Å². The van der Waals surface area contributed by atoms with Crippen LogP contribution in [0.15, 0.2) is 0 Å². The molecule has 0 amide bonds. The van der Waals surface area contributed by atoms with Crippen molar-refractivity contribution in [3.63, 3.8) is 0 Å². The molecule has 0 aliphatic heterocycles. The van der Waals surface area contributed by atoms with Crippen molar-refractivity contribution in [2.45, 2.75) is 77.0 Å². The van der Waals surface area contributed by atoms with Crippen molar-refractivity contribution >= 4 is 0 Å². The molecule has 0 unspecified atom stereocenters. The third-order valence-electron chi connectivity index (χ3n) is 5.41. The first-order valence-electron chi connectivity index (χ1n) is 12.0. The summed E-state index contributed by atoms with van der Waals surface area (Å²) in [5, 5.41) is 0. The molecular weight excluding hydrogens is 348 g/mol. The van der Waals surface area contributed by atoms with Crippen LogP contribution in [0.3, 0.4) is 0 Å². The average Bonchev–Trinajstić information content (AvgIpc) is 2.72. The van der Waals surface area contributed by atoms with Gasteiger partial charge in [0.1, 0.15) is 0 Å². The summed E-state index contributed by atoms with van der Waals surface area (Å²) in [4.78, 5) is 5.08. The summed E-state index contributed by atoms with van der Waals surface area (Å²) >= 11 is 0. The fourth-order valence-electron chi connectivity index (χ4n) is 3.66. The lowest BCUT2D eigenvalue weighted by molar-refractivity contribution is 0.261. The molecule has 0 rings (SSSR count). The molecule has 0 saturated heterocycles. The molecule has 170 valence electrons. The Kier molecular flexibility index (Phi) is 22.8. The standard InChI is InChI=1S/C22H52N6/c23-13-9-19-27(20-10-14-24)17-7-5-3-1-2-4-6-8-18-28(21-11-15-25)22-12-16-26/h1-26H2. The van der Waals surface area contributed by atoms with Gasteiger partial charge in [-0.1, -0.05) is 38.5 Å². The van der Waals surface area contributed by atoms with E-state index in [0.717, 1.165) is 78.0 Å². The van der Waals surface area contributed by atoms with Crippen molar-refractivity contribution in [1.29, 1.82) is 0 Å². The number of hydrogen-bond acceptors (Lipinski definition) is 6. The zero-order valence-electron chi connectivity index (χ0n) is 18.8. The van der Waals surface area contributed by atoms with Gasteiger partial charge in [0.25, 0.3) is 0 Å². The Morgan fingerprint density at radius 1 is 0.286 bits per heavy atom. The van der Waals surface area contributed by atoms with E-state index >= 15 is 0 Å². The second-order valence-corrected chi connectivity index (χ2v) is 8.08. The molecule has 0 aliphatic carbocycles. The fraction of sp³-hybridized carbons (Fsp3) is 1.00. The highest BCUT2D eigenvalue weighted by molar-refractivity contribution is 4.61. The van der Waals surface area contributed by atoms with E-state index in [1.807, 2.05) is 0 Å². The highest BCUT2D eigenvalue weighted by Crippen LogP contribution is 2.10. The summed E-state index contributed by atoms with van der Waals surface area (Å²) in [6, 6.07) is 0. The van der Waals surface area contributed by atoms with Gasteiger partial charge in [-0.2, -0.15) is 0 Å². The van der Waals surface area contributed by atoms with Gasteiger partial charge >= 0.3 is 0 Å². The Bertz CT molecular complexity index is 246. The predicted molar refractivity (Wildman–Crippen MR) is 125 cm³/mol.